The molecule has 1 saturated heterocycles. The highest BCUT2D eigenvalue weighted by Gasteiger charge is 2.32. The summed E-state index contributed by atoms with van der Waals surface area (Å²) < 4.78 is 10.9. The summed E-state index contributed by atoms with van der Waals surface area (Å²) in [4.78, 5) is 24.9. The van der Waals surface area contributed by atoms with Crippen molar-refractivity contribution in [3.05, 3.63) is 48.2 Å². The van der Waals surface area contributed by atoms with Crippen molar-refractivity contribution in [3.8, 4) is 11.3 Å². The van der Waals surface area contributed by atoms with Crippen LogP contribution in [0.2, 0.25) is 0 Å². The van der Waals surface area contributed by atoms with E-state index in [4.69, 9.17) is 9.15 Å². The number of ether oxygens (including phenoxy) is 1. The van der Waals surface area contributed by atoms with Crippen LogP contribution in [0.5, 0.6) is 0 Å². The molecule has 0 saturated carbocycles. The van der Waals surface area contributed by atoms with Gasteiger partial charge < -0.3 is 19.2 Å². The maximum Gasteiger partial charge on any atom is 0.328 e. The van der Waals surface area contributed by atoms with Crippen molar-refractivity contribution in [2.45, 2.75) is 18.9 Å². The van der Waals surface area contributed by atoms with Gasteiger partial charge in [-0.05, 0) is 12.1 Å². The second-order valence-corrected chi connectivity index (χ2v) is 5.65. The van der Waals surface area contributed by atoms with Gasteiger partial charge in [-0.1, -0.05) is 30.3 Å². The van der Waals surface area contributed by atoms with Crippen molar-refractivity contribution >= 4 is 11.9 Å². The van der Waals surface area contributed by atoms with Crippen LogP contribution in [0, 0.1) is 0 Å². The smallest absolute Gasteiger partial charge is 0.328 e. The number of nitrogens with zero attached hydrogens (tertiary/aromatic N) is 1. The van der Waals surface area contributed by atoms with Gasteiger partial charge in [-0.2, -0.15) is 0 Å². The van der Waals surface area contributed by atoms with Gasteiger partial charge in [-0.25, -0.2) is 4.79 Å². The van der Waals surface area contributed by atoms with Crippen molar-refractivity contribution in [3.63, 3.8) is 0 Å². The first kappa shape index (κ1) is 16.3. The Morgan fingerprint density at radius 3 is 2.71 bits per heavy atom. The number of hydrogen-bond acceptors (Lipinski definition) is 4. The molecule has 1 N–H and O–H groups in total. The first-order chi connectivity index (χ1) is 11.6. The third-order valence-corrected chi connectivity index (χ3v) is 4.04. The molecule has 3 rings (SSSR count). The summed E-state index contributed by atoms with van der Waals surface area (Å²) in [7, 11) is 0. The van der Waals surface area contributed by atoms with Crippen LogP contribution in [0.1, 0.15) is 12.2 Å². The number of carboxylic acid groups (broad SMARTS) is 1. The highest BCUT2D eigenvalue weighted by Crippen LogP contribution is 2.22. The molecule has 2 aromatic rings. The number of furan rings is 1. The molecule has 1 fully saturated rings. The summed E-state index contributed by atoms with van der Waals surface area (Å²) in [6.45, 7) is 0.720. The van der Waals surface area contributed by atoms with Crippen LogP contribution in [0.4, 0.5) is 0 Å². The zero-order valence-corrected chi connectivity index (χ0v) is 13.2. The van der Waals surface area contributed by atoms with E-state index in [9.17, 15) is 14.7 Å². The molecule has 0 spiro atoms. The molecule has 0 aliphatic carbocycles. The minimum absolute atomic E-state index is 0.0416. The molecule has 1 aromatic heterocycles. The molecular weight excluding hydrogens is 310 g/mol. The Morgan fingerprint density at radius 2 is 1.96 bits per heavy atom. The Bertz CT molecular complexity index is 709. The number of carbonyl (C=O) groups is 2. The summed E-state index contributed by atoms with van der Waals surface area (Å²) in [6.07, 6.45) is 0.654. The molecule has 24 heavy (non-hydrogen) atoms. The summed E-state index contributed by atoms with van der Waals surface area (Å²) in [5, 5.41) is 9.18. The van der Waals surface area contributed by atoms with Crippen LogP contribution < -0.4 is 0 Å². The number of carbonyl (C=O) groups excluding carboxylic acids is 1. The molecule has 1 amide bonds. The average molecular weight is 329 g/mol. The van der Waals surface area contributed by atoms with Crippen LogP contribution in [-0.2, 0) is 20.7 Å². The van der Waals surface area contributed by atoms with E-state index in [1.165, 1.54) is 4.90 Å². The highest BCUT2D eigenvalue weighted by atomic mass is 16.5. The number of benzene rings is 1. The quantitative estimate of drug-likeness (QED) is 0.909. The Balaban J connectivity index is 1.60. The van der Waals surface area contributed by atoms with Crippen molar-refractivity contribution in [2.24, 2.45) is 0 Å². The van der Waals surface area contributed by atoms with Gasteiger partial charge in [-0.15, -0.1) is 0 Å². The van der Waals surface area contributed by atoms with Crippen LogP contribution in [-0.4, -0.2) is 47.7 Å². The van der Waals surface area contributed by atoms with Crippen LogP contribution in [0.3, 0.4) is 0 Å². The molecule has 1 atom stereocenters. The number of aliphatic carboxylic acids is 1. The number of amides is 1. The van der Waals surface area contributed by atoms with E-state index < -0.39 is 12.0 Å². The Hall–Kier alpha value is -2.60. The Morgan fingerprint density at radius 1 is 1.17 bits per heavy atom. The standard InChI is InChI=1S/C18H19NO5/c20-17(19-10-11-23-12-15(19)18(21)22)9-7-14-6-8-16(24-14)13-4-2-1-3-5-13/h1-6,8,15H,7,9-12H2,(H,21,22)/t15-/m0/s1. The molecule has 6 heteroatoms. The summed E-state index contributed by atoms with van der Waals surface area (Å²) in [6, 6.07) is 12.6. The molecule has 1 aliphatic heterocycles. The second kappa shape index (κ2) is 7.31. The van der Waals surface area contributed by atoms with Crippen molar-refractivity contribution < 1.29 is 23.8 Å². The van der Waals surface area contributed by atoms with Gasteiger partial charge >= 0.3 is 5.97 Å². The van der Waals surface area contributed by atoms with Crippen molar-refractivity contribution in [1.82, 2.24) is 4.90 Å². The fourth-order valence-electron chi connectivity index (χ4n) is 2.75. The van der Waals surface area contributed by atoms with E-state index in [1.807, 2.05) is 42.5 Å². The summed E-state index contributed by atoms with van der Waals surface area (Å²) in [5.41, 5.74) is 0.981. The SMILES string of the molecule is O=C(O)[C@@H]1COCCN1C(=O)CCc1ccc(-c2ccccc2)o1. The number of morpholine rings is 1. The van der Waals surface area contributed by atoms with E-state index in [1.54, 1.807) is 0 Å². The minimum atomic E-state index is -1.03. The molecule has 2 heterocycles. The van der Waals surface area contributed by atoms with Gasteiger partial charge in [-0.3, -0.25) is 4.79 Å². The van der Waals surface area contributed by atoms with Gasteiger partial charge in [0.2, 0.25) is 5.91 Å². The number of hydrogen-bond donors (Lipinski definition) is 1. The lowest BCUT2D eigenvalue weighted by atomic mass is 10.1. The predicted octanol–water partition coefficient (Wildman–Crippen LogP) is 2.19. The highest BCUT2D eigenvalue weighted by molar-refractivity contribution is 5.84. The van der Waals surface area contributed by atoms with Crippen molar-refractivity contribution in [1.29, 1.82) is 0 Å². The predicted molar refractivity (Wildman–Crippen MR) is 86.4 cm³/mol. The average Bonchev–Trinajstić information content (AvgIpc) is 3.09. The first-order valence-electron chi connectivity index (χ1n) is 7.89. The first-order valence-corrected chi connectivity index (χ1v) is 7.89. The summed E-state index contributed by atoms with van der Waals surface area (Å²) in [5.74, 6) is 0.242. The monoisotopic (exact) mass is 329 g/mol. The zero-order chi connectivity index (χ0) is 16.9. The lowest BCUT2D eigenvalue weighted by Gasteiger charge is -2.32. The van der Waals surface area contributed by atoms with Gasteiger partial charge in [0.25, 0.3) is 0 Å². The van der Waals surface area contributed by atoms with Gasteiger partial charge in [0.05, 0.1) is 13.2 Å². The van der Waals surface area contributed by atoms with Gasteiger partial charge in [0, 0.05) is 24.9 Å². The van der Waals surface area contributed by atoms with E-state index in [0.717, 1.165) is 11.3 Å². The number of aryl methyl sites for hydroxylation is 1. The third-order valence-electron chi connectivity index (χ3n) is 4.04. The third kappa shape index (κ3) is 3.65. The Kier molecular flexibility index (Phi) is 4.96. The largest absolute Gasteiger partial charge is 0.480 e. The number of carboxylic acids is 1. The molecule has 1 aliphatic rings. The fraction of sp³-hybridized carbons (Fsp3) is 0.333. The van der Waals surface area contributed by atoms with E-state index in [0.29, 0.717) is 25.3 Å². The molecule has 0 radical (unpaired) electrons. The fourth-order valence-corrected chi connectivity index (χ4v) is 2.75. The van der Waals surface area contributed by atoms with Crippen LogP contribution in [0.25, 0.3) is 11.3 Å². The molecule has 0 bridgehead atoms. The second-order valence-electron chi connectivity index (χ2n) is 5.65. The van der Waals surface area contributed by atoms with Gasteiger partial charge in [0.15, 0.2) is 6.04 Å². The topological polar surface area (TPSA) is 80.0 Å². The molecular formula is C18H19NO5. The molecule has 1 aromatic carbocycles. The maximum absolute atomic E-state index is 12.3. The minimum Gasteiger partial charge on any atom is -0.480 e. The zero-order valence-electron chi connectivity index (χ0n) is 13.2. The van der Waals surface area contributed by atoms with Crippen molar-refractivity contribution in [2.75, 3.05) is 19.8 Å². The molecule has 0 unspecified atom stereocenters. The lowest BCUT2D eigenvalue weighted by Crippen LogP contribution is -2.52. The van der Waals surface area contributed by atoms with Crippen LogP contribution in [0.15, 0.2) is 46.9 Å². The van der Waals surface area contributed by atoms with Crippen LogP contribution >= 0.6 is 0 Å². The van der Waals surface area contributed by atoms with E-state index >= 15 is 0 Å². The lowest BCUT2D eigenvalue weighted by molar-refractivity contribution is -0.158. The maximum atomic E-state index is 12.3. The summed E-state index contributed by atoms with van der Waals surface area (Å²) >= 11 is 0. The normalized spacial score (nSPS) is 17.7. The van der Waals surface area contributed by atoms with Gasteiger partial charge in [0.1, 0.15) is 11.5 Å². The molecule has 126 valence electrons. The van der Waals surface area contributed by atoms with E-state index in [-0.39, 0.29) is 18.9 Å². The Labute approximate surface area is 139 Å². The number of rotatable bonds is 5. The molecule has 6 nitrogen and oxygen atoms in total. The van der Waals surface area contributed by atoms with E-state index in [2.05, 4.69) is 0 Å².